The zero-order valence-electron chi connectivity index (χ0n) is 12.6. The molecule has 0 saturated carbocycles. The van der Waals surface area contributed by atoms with Crippen LogP contribution in [0.4, 0.5) is 10.5 Å². The van der Waals surface area contributed by atoms with Crippen LogP contribution < -0.4 is 15.4 Å². The lowest BCUT2D eigenvalue weighted by Crippen LogP contribution is -2.28. The number of amides is 2. The smallest absolute Gasteiger partial charge is 0.319 e. The first-order valence-corrected chi connectivity index (χ1v) is 6.88. The number of rotatable bonds is 5. The highest BCUT2D eigenvalue weighted by Gasteiger charge is 2.10. The number of methoxy groups -OCH3 is 1. The molecule has 5 heteroatoms. The quantitative estimate of drug-likeness (QED) is 0.833. The average molecular weight is 298 g/mol. The number of urea groups is 1. The fraction of sp³-hybridized carbons (Fsp3) is 0.176. The van der Waals surface area contributed by atoms with E-state index in [4.69, 9.17) is 4.74 Å². The molecule has 0 heterocycles. The minimum absolute atomic E-state index is 0.0571. The highest BCUT2D eigenvalue weighted by molar-refractivity contribution is 5.96. The van der Waals surface area contributed by atoms with Crippen LogP contribution in [-0.2, 0) is 6.54 Å². The number of ether oxygens (including phenoxy) is 1. The Morgan fingerprint density at radius 2 is 1.82 bits per heavy atom. The molecular weight excluding hydrogens is 280 g/mol. The summed E-state index contributed by atoms with van der Waals surface area (Å²) in [6.07, 6.45) is 0. The molecule has 2 N–H and O–H groups in total. The Balaban J connectivity index is 2.00. The van der Waals surface area contributed by atoms with Gasteiger partial charge in [-0.2, -0.15) is 0 Å². The molecule has 2 rings (SSSR count). The number of nitrogens with one attached hydrogen (secondary N) is 2. The Morgan fingerprint density at radius 1 is 1.09 bits per heavy atom. The summed E-state index contributed by atoms with van der Waals surface area (Å²) in [4.78, 5) is 23.3. The molecule has 22 heavy (non-hydrogen) atoms. The van der Waals surface area contributed by atoms with Crippen LogP contribution in [0.2, 0.25) is 0 Å². The van der Waals surface area contributed by atoms with Crippen molar-refractivity contribution in [3.63, 3.8) is 0 Å². The number of benzene rings is 2. The first-order valence-electron chi connectivity index (χ1n) is 6.88. The van der Waals surface area contributed by atoms with Gasteiger partial charge in [0.2, 0.25) is 0 Å². The van der Waals surface area contributed by atoms with Crippen molar-refractivity contribution in [2.45, 2.75) is 13.5 Å². The van der Waals surface area contributed by atoms with Gasteiger partial charge in [-0.1, -0.05) is 30.3 Å². The molecule has 2 amide bonds. The van der Waals surface area contributed by atoms with E-state index in [1.807, 2.05) is 30.3 Å². The third-order valence-electron chi connectivity index (χ3n) is 3.15. The maximum absolute atomic E-state index is 11.9. The molecule has 0 bridgehead atoms. The minimum Gasteiger partial charge on any atom is -0.495 e. The van der Waals surface area contributed by atoms with Crippen molar-refractivity contribution < 1.29 is 14.3 Å². The Morgan fingerprint density at radius 3 is 2.45 bits per heavy atom. The number of hydrogen-bond acceptors (Lipinski definition) is 3. The van der Waals surface area contributed by atoms with Crippen LogP contribution in [0.1, 0.15) is 22.8 Å². The van der Waals surface area contributed by atoms with Crippen molar-refractivity contribution in [2.75, 3.05) is 12.4 Å². The number of anilines is 1. The molecule has 0 aromatic heterocycles. The first kappa shape index (κ1) is 15.6. The largest absolute Gasteiger partial charge is 0.495 e. The molecule has 0 aliphatic rings. The van der Waals surface area contributed by atoms with Crippen LogP contribution in [0.25, 0.3) is 0 Å². The molecule has 0 aliphatic carbocycles. The SMILES string of the molecule is COc1cc(C(C)=O)ccc1NC(=O)NCc1ccccc1. The van der Waals surface area contributed by atoms with Gasteiger partial charge in [0.1, 0.15) is 5.75 Å². The van der Waals surface area contributed by atoms with Crippen molar-refractivity contribution in [3.05, 3.63) is 59.7 Å². The molecule has 0 unspecified atom stereocenters. The number of carbonyl (C=O) groups excluding carboxylic acids is 2. The minimum atomic E-state index is -0.335. The topological polar surface area (TPSA) is 67.4 Å². The van der Waals surface area contributed by atoms with E-state index in [2.05, 4.69) is 10.6 Å². The van der Waals surface area contributed by atoms with Crippen molar-refractivity contribution in [2.24, 2.45) is 0 Å². The second-order valence-corrected chi connectivity index (χ2v) is 4.76. The van der Waals surface area contributed by atoms with Gasteiger partial charge in [-0.05, 0) is 30.7 Å². The summed E-state index contributed by atoms with van der Waals surface area (Å²) >= 11 is 0. The standard InChI is InChI=1S/C17H18N2O3/c1-12(20)14-8-9-15(16(10-14)22-2)19-17(21)18-11-13-6-4-3-5-7-13/h3-10H,11H2,1-2H3,(H2,18,19,21). The third kappa shape index (κ3) is 4.09. The van der Waals surface area contributed by atoms with Gasteiger partial charge in [0.15, 0.2) is 5.78 Å². The van der Waals surface area contributed by atoms with E-state index in [1.54, 1.807) is 18.2 Å². The highest BCUT2D eigenvalue weighted by Crippen LogP contribution is 2.25. The van der Waals surface area contributed by atoms with Crippen LogP contribution in [0.15, 0.2) is 48.5 Å². The molecule has 0 atom stereocenters. The summed E-state index contributed by atoms with van der Waals surface area (Å²) in [6, 6.07) is 14.2. The summed E-state index contributed by atoms with van der Waals surface area (Å²) in [6.45, 7) is 1.91. The second-order valence-electron chi connectivity index (χ2n) is 4.76. The van der Waals surface area contributed by atoms with Gasteiger partial charge in [-0.25, -0.2) is 4.79 Å². The molecule has 114 valence electrons. The predicted molar refractivity (Wildman–Crippen MR) is 85.3 cm³/mol. The van der Waals surface area contributed by atoms with Crippen LogP contribution in [0.5, 0.6) is 5.75 Å². The van der Waals surface area contributed by atoms with Gasteiger partial charge < -0.3 is 15.4 Å². The van der Waals surface area contributed by atoms with Gasteiger partial charge in [0.05, 0.1) is 12.8 Å². The number of hydrogen-bond donors (Lipinski definition) is 2. The van der Waals surface area contributed by atoms with Crippen molar-refractivity contribution in [1.82, 2.24) is 5.32 Å². The van der Waals surface area contributed by atoms with Gasteiger partial charge in [0.25, 0.3) is 0 Å². The maximum Gasteiger partial charge on any atom is 0.319 e. The van der Waals surface area contributed by atoms with E-state index in [9.17, 15) is 9.59 Å². The molecular formula is C17H18N2O3. The number of carbonyl (C=O) groups is 2. The molecule has 0 saturated heterocycles. The second kappa shape index (κ2) is 7.26. The number of Topliss-reactive ketones (excluding diaryl/α,β-unsaturated/α-hetero) is 1. The monoisotopic (exact) mass is 298 g/mol. The zero-order valence-corrected chi connectivity index (χ0v) is 12.6. The first-order chi connectivity index (χ1) is 10.6. The Hall–Kier alpha value is -2.82. The summed E-state index contributed by atoms with van der Waals surface area (Å²) in [7, 11) is 1.49. The molecule has 5 nitrogen and oxygen atoms in total. The zero-order chi connectivity index (χ0) is 15.9. The van der Waals surface area contributed by atoms with Crippen molar-refractivity contribution in [3.8, 4) is 5.75 Å². The van der Waals surface area contributed by atoms with E-state index >= 15 is 0 Å². The van der Waals surface area contributed by atoms with E-state index < -0.39 is 0 Å². The highest BCUT2D eigenvalue weighted by atomic mass is 16.5. The molecule has 0 fully saturated rings. The molecule has 2 aromatic carbocycles. The molecule has 0 spiro atoms. The molecule has 2 aromatic rings. The lowest BCUT2D eigenvalue weighted by atomic mass is 10.1. The van der Waals surface area contributed by atoms with Crippen molar-refractivity contribution >= 4 is 17.5 Å². The molecule has 0 aliphatic heterocycles. The number of ketones is 1. The Labute approximate surface area is 129 Å². The van der Waals surface area contributed by atoms with Crippen LogP contribution in [0, 0.1) is 0 Å². The van der Waals surface area contributed by atoms with Gasteiger partial charge >= 0.3 is 6.03 Å². The van der Waals surface area contributed by atoms with E-state index in [0.717, 1.165) is 5.56 Å². The van der Waals surface area contributed by atoms with Gasteiger partial charge in [-0.3, -0.25) is 4.79 Å². The Bertz CT molecular complexity index is 669. The normalized spacial score (nSPS) is 9.91. The average Bonchev–Trinajstić information content (AvgIpc) is 2.54. The summed E-state index contributed by atoms with van der Waals surface area (Å²) in [5, 5.41) is 5.48. The summed E-state index contributed by atoms with van der Waals surface area (Å²) in [5.41, 5.74) is 2.06. The van der Waals surface area contributed by atoms with E-state index in [0.29, 0.717) is 23.5 Å². The van der Waals surface area contributed by atoms with E-state index in [-0.39, 0.29) is 11.8 Å². The maximum atomic E-state index is 11.9. The lowest BCUT2D eigenvalue weighted by Gasteiger charge is -2.12. The summed E-state index contributed by atoms with van der Waals surface area (Å²) in [5.74, 6) is 0.390. The van der Waals surface area contributed by atoms with Gasteiger partial charge in [0, 0.05) is 12.1 Å². The van der Waals surface area contributed by atoms with Gasteiger partial charge in [-0.15, -0.1) is 0 Å². The van der Waals surface area contributed by atoms with Crippen molar-refractivity contribution in [1.29, 1.82) is 0 Å². The lowest BCUT2D eigenvalue weighted by molar-refractivity contribution is 0.101. The fourth-order valence-corrected chi connectivity index (χ4v) is 1.96. The molecule has 0 radical (unpaired) electrons. The van der Waals surface area contributed by atoms with Crippen LogP contribution in [-0.4, -0.2) is 18.9 Å². The van der Waals surface area contributed by atoms with Crippen LogP contribution in [0.3, 0.4) is 0 Å². The van der Waals surface area contributed by atoms with Crippen LogP contribution >= 0.6 is 0 Å². The predicted octanol–water partition coefficient (Wildman–Crippen LogP) is 3.22. The fourth-order valence-electron chi connectivity index (χ4n) is 1.96. The third-order valence-corrected chi connectivity index (χ3v) is 3.15. The van der Waals surface area contributed by atoms with E-state index in [1.165, 1.54) is 14.0 Å². The summed E-state index contributed by atoms with van der Waals surface area (Å²) < 4.78 is 5.21. The Kier molecular flexibility index (Phi) is 5.14.